The van der Waals surface area contributed by atoms with Crippen LogP contribution < -0.4 is 0 Å². The normalized spacial score (nSPS) is 10.9. The van der Waals surface area contributed by atoms with E-state index in [9.17, 15) is 4.39 Å². The third-order valence-corrected chi connectivity index (χ3v) is 4.37. The third kappa shape index (κ3) is 3.20. The summed E-state index contributed by atoms with van der Waals surface area (Å²) in [6, 6.07) is 14.8. The molecule has 0 aliphatic rings. The van der Waals surface area contributed by atoms with Crippen LogP contribution in [0.15, 0.2) is 53.7 Å². The van der Waals surface area contributed by atoms with Crippen molar-refractivity contribution in [2.45, 2.75) is 24.8 Å². The Kier molecular flexibility index (Phi) is 4.24. The first-order chi connectivity index (χ1) is 10.6. The molecule has 0 N–H and O–H groups in total. The van der Waals surface area contributed by atoms with Crippen molar-refractivity contribution in [2.24, 2.45) is 0 Å². The Balaban J connectivity index is 1.83. The van der Waals surface area contributed by atoms with Gasteiger partial charge in [-0.2, -0.15) is 0 Å². The minimum Gasteiger partial charge on any atom is -0.274 e. The second-order valence-electron chi connectivity index (χ2n) is 5.12. The number of nitrogens with zero attached hydrogens (tertiary/aromatic N) is 3. The van der Waals surface area contributed by atoms with E-state index in [1.54, 1.807) is 23.9 Å². The molecule has 0 bridgehead atoms. The van der Waals surface area contributed by atoms with Gasteiger partial charge in [0.25, 0.3) is 0 Å². The summed E-state index contributed by atoms with van der Waals surface area (Å²) in [4.78, 5) is 0. The van der Waals surface area contributed by atoms with Crippen molar-refractivity contribution in [2.75, 3.05) is 0 Å². The predicted octanol–water partition coefficient (Wildman–Crippen LogP) is 4.32. The molecule has 3 nitrogen and oxygen atoms in total. The minimum absolute atomic E-state index is 0.215. The number of benzene rings is 2. The molecular formula is C17H16FN3S. The second kappa shape index (κ2) is 6.32. The first-order valence-electron chi connectivity index (χ1n) is 7.00. The smallest absolute Gasteiger partial charge is 0.196 e. The van der Waals surface area contributed by atoms with E-state index in [2.05, 4.69) is 41.4 Å². The number of rotatable bonds is 4. The highest BCUT2D eigenvalue weighted by Crippen LogP contribution is 2.25. The Morgan fingerprint density at radius 1 is 0.955 bits per heavy atom. The molecule has 0 atom stereocenters. The van der Waals surface area contributed by atoms with Crippen LogP contribution in [-0.2, 0) is 5.75 Å². The van der Waals surface area contributed by atoms with Gasteiger partial charge in [-0.05, 0) is 43.7 Å². The Hall–Kier alpha value is -2.14. The van der Waals surface area contributed by atoms with Crippen LogP contribution in [0, 0.1) is 19.7 Å². The molecule has 0 amide bonds. The van der Waals surface area contributed by atoms with Crippen LogP contribution in [0.5, 0.6) is 0 Å². The highest BCUT2D eigenvalue weighted by atomic mass is 32.2. The summed E-state index contributed by atoms with van der Waals surface area (Å²) >= 11 is 1.59. The van der Waals surface area contributed by atoms with Gasteiger partial charge < -0.3 is 0 Å². The Morgan fingerprint density at radius 2 is 1.64 bits per heavy atom. The molecule has 0 fully saturated rings. The highest BCUT2D eigenvalue weighted by molar-refractivity contribution is 7.98. The standard InChI is InChI=1S/C17H16FN3S/c1-12-3-9-16(10-4-12)21-13(2)19-20-17(21)22-11-14-5-7-15(18)8-6-14/h3-10H,11H2,1-2H3. The van der Waals surface area contributed by atoms with E-state index in [-0.39, 0.29) is 5.82 Å². The molecule has 3 rings (SSSR count). The molecule has 0 aliphatic heterocycles. The summed E-state index contributed by atoms with van der Waals surface area (Å²) < 4.78 is 15.0. The van der Waals surface area contributed by atoms with E-state index < -0.39 is 0 Å². The SMILES string of the molecule is Cc1ccc(-n2c(C)nnc2SCc2ccc(F)cc2)cc1. The average molecular weight is 313 g/mol. The number of aryl methyl sites for hydroxylation is 2. The monoisotopic (exact) mass is 313 g/mol. The van der Waals surface area contributed by atoms with Crippen LogP contribution >= 0.6 is 11.8 Å². The fraction of sp³-hybridized carbons (Fsp3) is 0.176. The molecule has 0 spiro atoms. The van der Waals surface area contributed by atoms with E-state index >= 15 is 0 Å². The lowest BCUT2D eigenvalue weighted by molar-refractivity contribution is 0.627. The third-order valence-electron chi connectivity index (χ3n) is 3.37. The minimum atomic E-state index is -0.215. The second-order valence-corrected chi connectivity index (χ2v) is 6.06. The van der Waals surface area contributed by atoms with E-state index in [0.29, 0.717) is 0 Å². The average Bonchev–Trinajstić information content (AvgIpc) is 2.89. The van der Waals surface area contributed by atoms with Crippen LogP contribution in [0.4, 0.5) is 4.39 Å². The van der Waals surface area contributed by atoms with Gasteiger partial charge in [0.15, 0.2) is 5.16 Å². The fourth-order valence-electron chi connectivity index (χ4n) is 2.16. The van der Waals surface area contributed by atoms with Gasteiger partial charge in [-0.25, -0.2) is 4.39 Å². The van der Waals surface area contributed by atoms with Gasteiger partial charge in [-0.3, -0.25) is 4.57 Å². The number of thioether (sulfide) groups is 1. The molecule has 0 saturated heterocycles. The van der Waals surface area contributed by atoms with E-state index in [1.807, 2.05) is 11.5 Å². The summed E-state index contributed by atoms with van der Waals surface area (Å²) in [5, 5.41) is 9.26. The van der Waals surface area contributed by atoms with E-state index in [1.165, 1.54) is 17.7 Å². The van der Waals surface area contributed by atoms with Crippen LogP contribution in [0.25, 0.3) is 5.69 Å². The van der Waals surface area contributed by atoms with Crippen molar-refractivity contribution < 1.29 is 4.39 Å². The van der Waals surface area contributed by atoms with E-state index in [4.69, 9.17) is 0 Å². The number of hydrogen-bond donors (Lipinski definition) is 0. The molecule has 0 aliphatic carbocycles. The lowest BCUT2D eigenvalue weighted by atomic mass is 10.2. The highest BCUT2D eigenvalue weighted by Gasteiger charge is 2.11. The molecule has 3 aromatic rings. The van der Waals surface area contributed by atoms with Crippen molar-refractivity contribution in [1.82, 2.24) is 14.8 Å². The largest absolute Gasteiger partial charge is 0.274 e. The summed E-state index contributed by atoms with van der Waals surface area (Å²) in [5.74, 6) is 1.36. The summed E-state index contributed by atoms with van der Waals surface area (Å²) in [6.07, 6.45) is 0. The van der Waals surface area contributed by atoms with Crippen molar-refractivity contribution in [3.8, 4) is 5.69 Å². The maximum atomic E-state index is 12.9. The molecular weight excluding hydrogens is 297 g/mol. The van der Waals surface area contributed by atoms with Gasteiger partial charge in [0.2, 0.25) is 0 Å². The van der Waals surface area contributed by atoms with Gasteiger partial charge in [0, 0.05) is 11.4 Å². The maximum absolute atomic E-state index is 12.9. The molecule has 2 aromatic carbocycles. The summed E-state index contributed by atoms with van der Waals surface area (Å²) in [7, 11) is 0. The molecule has 0 radical (unpaired) electrons. The van der Waals surface area contributed by atoms with Crippen molar-refractivity contribution in [3.05, 3.63) is 71.3 Å². The Bertz CT molecular complexity index is 764. The van der Waals surface area contributed by atoms with Crippen LogP contribution in [0.1, 0.15) is 17.0 Å². The molecule has 0 unspecified atom stereocenters. The van der Waals surface area contributed by atoms with Gasteiger partial charge in [0.1, 0.15) is 11.6 Å². The molecule has 22 heavy (non-hydrogen) atoms. The summed E-state index contributed by atoms with van der Waals surface area (Å²) in [6.45, 7) is 4.00. The summed E-state index contributed by atoms with van der Waals surface area (Å²) in [5.41, 5.74) is 3.33. The topological polar surface area (TPSA) is 30.7 Å². The van der Waals surface area contributed by atoms with Crippen LogP contribution in [0.3, 0.4) is 0 Å². The van der Waals surface area contributed by atoms with Crippen molar-refractivity contribution in [3.63, 3.8) is 0 Å². The zero-order valence-corrected chi connectivity index (χ0v) is 13.3. The zero-order chi connectivity index (χ0) is 15.5. The molecule has 112 valence electrons. The van der Waals surface area contributed by atoms with Crippen molar-refractivity contribution >= 4 is 11.8 Å². The lowest BCUT2D eigenvalue weighted by Crippen LogP contribution is -1.99. The van der Waals surface area contributed by atoms with Crippen LogP contribution in [-0.4, -0.2) is 14.8 Å². The van der Waals surface area contributed by atoms with Gasteiger partial charge in [-0.15, -0.1) is 10.2 Å². The number of aromatic nitrogens is 3. The molecule has 0 saturated carbocycles. The lowest BCUT2D eigenvalue weighted by Gasteiger charge is -2.08. The zero-order valence-electron chi connectivity index (χ0n) is 12.5. The molecule has 5 heteroatoms. The number of hydrogen-bond acceptors (Lipinski definition) is 3. The van der Waals surface area contributed by atoms with Crippen molar-refractivity contribution in [1.29, 1.82) is 0 Å². The van der Waals surface area contributed by atoms with E-state index in [0.717, 1.165) is 28.0 Å². The number of halogens is 1. The molecule has 1 heterocycles. The Labute approximate surface area is 133 Å². The molecule has 1 aromatic heterocycles. The quantitative estimate of drug-likeness (QED) is 0.672. The maximum Gasteiger partial charge on any atom is 0.196 e. The Morgan fingerprint density at radius 3 is 2.32 bits per heavy atom. The predicted molar refractivity (Wildman–Crippen MR) is 86.8 cm³/mol. The first-order valence-corrected chi connectivity index (χ1v) is 7.98. The van der Waals surface area contributed by atoms with Gasteiger partial charge in [-0.1, -0.05) is 41.6 Å². The van der Waals surface area contributed by atoms with Gasteiger partial charge >= 0.3 is 0 Å². The first kappa shape index (κ1) is 14.8. The van der Waals surface area contributed by atoms with Gasteiger partial charge in [0.05, 0.1) is 0 Å². The van der Waals surface area contributed by atoms with Crippen LogP contribution in [0.2, 0.25) is 0 Å². The fourth-order valence-corrected chi connectivity index (χ4v) is 3.11.